The van der Waals surface area contributed by atoms with Gasteiger partial charge in [0.25, 0.3) is 0 Å². The van der Waals surface area contributed by atoms with Crippen LogP contribution in [-0.2, 0) is 14.6 Å². The summed E-state index contributed by atoms with van der Waals surface area (Å²) in [5.74, 6) is -46.1. The van der Waals surface area contributed by atoms with Gasteiger partial charge in [0.05, 0.1) is 0 Å². The molecule has 0 aromatic carbocycles. The van der Waals surface area contributed by atoms with Crippen LogP contribution in [-0.4, -0.2) is 67.2 Å². The zero-order chi connectivity index (χ0) is 25.0. The fourth-order valence-electron chi connectivity index (χ4n) is 1.55. The molecule has 0 aromatic rings. The zero-order valence-corrected chi connectivity index (χ0v) is 14.4. The van der Waals surface area contributed by atoms with Crippen LogP contribution in [0.15, 0.2) is 0 Å². The van der Waals surface area contributed by atoms with Gasteiger partial charge in [-0.25, -0.2) is 26.1 Å². The molecule has 0 aliphatic heterocycles. The van der Waals surface area contributed by atoms with E-state index in [1.54, 1.807) is 0 Å². The maximum atomic E-state index is 13.8. The summed E-state index contributed by atoms with van der Waals surface area (Å²) < 4.78 is 227. The van der Waals surface area contributed by atoms with Crippen LogP contribution in [0.1, 0.15) is 6.92 Å². The molecule has 0 amide bonds. The third-order valence-electron chi connectivity index (χ3n) is 3.54. The van der Waals surface area contributed by atoms with Crippen LogP contribution >= 0.6 is 0 Å². The molecule has 1 N–H and O–H groups in total. The quantitative estimate of drug-likeness (QED) is 0.346. The van der Waals surface area contributed by atoms with E-state index in [-0.39, 0.29) is 0 Å². The van der Waals surface area contributed by atoms with E-state index < -0.39 is 71.6 Å². The van der Waals surface area contributed by atoms with Crippen molar-refractivity contribution in [3.05, 3.63) is 0 Å². The minimum atomic E-state index is -8.28. The molecule has 1 atom stereocenters. The molecular formula is C10H7F15O4S. The Balaban J connectivity index is 6.52. The van der Waals surface area contributed by atoms with Crippen LogP contribution in [0.4, 0.5) is 65.9 Å². The summed E-state index contributed by atoms with van der Waals surface area (Å²) in [5, 5.41) is 0. The molecule has 0 rings (SSSR count). The van der Waals surface area contributed by atoms with E-state index in [1.165, 1.54) is 0 Å². The van der Waals surface area contributed by atoms with Gasteiger partial charge in [-0.3, -0.25) is 4.55 Å². The molecule has 0 aromatic heterocycles. The van der Waals surface area contributed by atoms with Gasteiger partial charge < -0.3 is 0 Å². The van der Waals surface area contributed by atoms with E-state index in [1.807, 2.05) is 0 Å². The van der Waals surface area contributed by atoms with Crippen LogP contribution < -0.4 is 0 Å². The fraction of sp³-hybridized carbons (Fsp3) is 1.00. The smallest absolute Gasteiger partial charge is 0.264 e. The molecule has 0 aliphatic carbocycles. The van der Waals surface area contributed by atoms with Gasteiger partial charge in [0.1, 0.15) is 6.61 Å². The van der Waals surface area contributed by atoms with Gasteiger partial charge >= 0.3 is 52.4 Å². The average Bonchev–Trinajstić information content (AvgIpc) is 2.51. The first-order valence-electron chi connectivity index (χ1n) is 6.51. The largest absolute Gasteiger partial charge is 0.397 e. The second kappa shape index (κ2) is 7.45. The summed E-state index contributed by atoms with van der Waals surface area (Å²) >= 11 is 0. The SMILES string of the molecule is CC(F)(C(F)(F)COS(=O)(=O)O)C(F)(F)C(F)(F)C(F)(F)C(F)(F)C(F)(F)C(F)F. The number of halogens is 15. The molecule has 0 heterocycles. The van der Waals surface area contributed by atoms with Crippen molar-refractivity contribution < 1.29 is 83.0 Å². The Morgan fingerprint density at radius 3 is 1.37 bits per heavy atom. The van der Waals surface area contributed by atoms with Crippen molar-refractivity contribution in [2.45, 2.75) is 54.6 Å². The lowest BCUT2D eigenvalue weighted by Crippen LogP contribution is -2.74. The Bertz CT molecular complexity index is 730. The Morgan fingerprint density at radius 2 is 1.07 bits per heavy atom. The lowest BCUT2D eigenvalue weighted by Gasteiger charge is -2.44. The average molecular weight is 508 g/mol. The first kappa shape index (κ1) is 28.8. The summed E-state index contributed by atoms with van der Waals surface area (Å²) in [6.07, 6.45) is -5.86. The van der Waals surface area contributed by atoms with Gasteiger partial charge in [0.2, 0.25) is 5.67 Å². The molecule has 20 heteroatoms. The summed E-state index contributed by atoms with van der Waals surface area (Å²) in [6, 6.07) is 0. The van der Waals surface area contributed by atoms with E-state index in [9.17, 15) is 74.3 Å². The molecule has 0 spiro atoms. The van der Waals surface area contributed by atoms with Crippen molar-refractivity contribution >= 4 is 10.4 Å². The molecule has 0 saturated carbocycles. The summed E-state index contributed by atoms with van der Waals surface area (Å²) in [7, 11) is -6.01. The molecule has 0 bridgehead atoms. The predicted molar refractivity (Wildman–Crippen MR) is 62.7 cm³/mol. The Kier molecular flexibility index (Phi) is 7.16. The van der Waals surface area contributed by atoms with Gasteiger partial charge in [-0.1, -0.05) is 0 Å². The number of alkyl halides is 15. The van der Waals surface area contributed by atoms with E-state index in [0.29, 0.717) is 0 Å². The number of rotatable bonds is 10. The Hall–Kier alpha value is -1.18. The highest BCUT2D eigenvalue weighted by atomic mass is 32.3. The highest BCUT2D eigenvalue weighted by molar-refractivity contribution is 7.80. The zero-order valence-electron chi connectivity index (χ0n) is 13.5. The van der Waals surface area contributed by atoms with Crippen LogP contribution in [0, 0.1) is 0 Å². The van der Waals surface area contributed by atoms with Crippen molar-refractivity contribution in [1.82, 2.24) is 0 Å². The highest BCUT2D eigenvalue weighted by Crippen LogP contribution is 2.62. The maximum Gasteiger partial charge on any atom is 0.397 e. The number of hydrogen-bond acceptors (Lipinski definition) is 3. The highest BCUT2D eigenvalue weighted by Gasteiger charge is 2.91. The fourth-order valence-corrected chi connectivity index (χ4v) is 1.85. The topological polar surface area (TPSA) is 63.6 Å². The van der Waals surface area contributed by atoms with Crippen molar-refractivity contribution in [3.8, 4) is 0 Å². The van der Waals surface area contributed by atoms with Crippen molar-refractivity contribution in [2.24, 2.45) is 0 Å². The molecule has 0 fully saturated rings. The van der Waals surface area contributed by atoms with Crippen LogP contribution in [0.5, 0.6) is 0 Å². The van der Waals surface area contributed by atoms with Gasteiger partial charge in [-0.15, -0.1) is 0 Å². The van der Waals surface area contributed by atoms with Crippen molar-refractivity contribution in [1.29, 1.82) is 0 Å². The van der Waals surface area contributed by atoms with Crippen molar-refractivity contribution in [3.63, 3.8) is 0 Å². The minimum Gasteiger partial charge on any atom is -0.264 e. The third-order valence-corrected chi connectivity index (χ3v) is 3.96. The van der Waals surface area contributed by atoms with E-state index in [2.05, 4.69) is 4.18 Å². The lowest BCUT2D eigenvalue weighted by atomic mass is 9.83. The summed E-state index contributed by atoms with van der Waals surface area (Å²) in [5.41, 5.74) is -6.48. The molecule has 0 aliphatic rings. The third kappa shape index (κ3) is 4.13. The van der Waals surface area contributed by atoms with E-state index >= 15 is 0 Å². The molecular weight excluding hydrogens is 501 g/mol. The molecule has 182 valence electrons. The minimum absolute atomic E-state index is 1.37. The molecule has 1 unspecified atom stereocenters. The Labute approximate surface area is 155 Å². The van der Waals surface area contributed by atoms with Crippen LogP contribution in [0.3, 0.4) is 0 Å². The van der Waals surface area contributed by atoms with Crippen LogP contribution in [0.25, 0.3) is 0 Å². The normalized spacial score (nSPS) is 17.9. The van der Waals surface area contributed by atoms with Gasteiger partial charge in [-0.05, 0) is 6.92 Å². The van der Waals surface area contributed by atoms with Gasteiger partial charge in [0.15, 0.2) is 0 Å². The maximum absolute atomic E-state index is 13.8. The lowest BCUT2D eigenvalue weighted by molar-refractivity contribution is -0.432. The second-order valence-corrected chi connectivity index (χ2v) is 6.71. The van der Waals surface area contributed by atoms with E-state index in [4.69, 9.17) is 4.55 Å². The predicted octanol–water partition coefficient (Wildman–Crippen LogP) is 4.61. The Morgan fingerprint density at radius 1 is 0.733 bits per heavy atom. The van der Waals surface area contributed by atoms with Crippen LogP contribution in [0.2, 0.25) is 0 Å². The summed E-state index contributed by atoms with van der Waals surface area (Å²) in [4.78, 5) is 0. The standard InChI is InChI=1S/C10H7F15O4S/c1-4(13,5(14,15)2-29-30(26,27)28)7(18,19)9(22,23)10(24,25)8(20,21)6(16,17)3(11)12/h3H,2H2,1H3,(H,26,27,28). The number of hydrogen-bond donors (Lipinski definition) is 1. The van der Waals surface area contributed by atoms with Gasteiger partial charge in [0, 0.05) is 0 Å². The van der Waals surface area contributed by atoms with Gasteiger partial charge in [-0.2, -0.15) is 52.3 Å². The van der Waals surface area contributed by atoms with Crippen molar-refractivity contribution in [2.75, 3.05) is 6.61 Å². The first-order chi connectivity index (χ1) is 12.7. The molecule has 0 radical (unpaired) electrons. The van der Waals surface area contributed by atoms with E-state index in [0.717, 1.165) is 0 Å². The first-order valence-corrected chi connectivity index (χ1v) is 7.87. The summed E-state index contributed by atoms with van der Waals surface area (Å²) in [6.45, 7) is -4.66. The molecule has 4 nitrogen and oxygen atoms in total. The molecule has 0 saturated heterocycles. The second-order valence-electron chi connectivity index (χ2n) is 5.62. The monoisotopic (exact) mass is 508 g/mol. The molecule has 30 heavy (non-hydrogen) atoms.